The number of ether oxygens (including phenoxy) is 1. The molecular formula is C10H7BrINO2. The average Bonchev–Trinajstić information content (AvgIpc) is 2.27. The maximum atomic E-state index is 11.5. The fourth-order valence-electron chi connectivity index (χ4n) is 1.13. The van der Waals surface area contributed by atoms with Crippen molar-refractivity contribution in [1.29, 1.82) is 5.26 Å². The molecule has 0 fully saturated rings. The number of nitrogens with zero attached hydrogens (tertiary/aromatic N) is 1. The van der Waals surface area contributed by atoms with E-state index in [-0.39, 0.29) is 11.1 Å². The van der Waals surface area contributed by atoms with Crippen LogP contribution in [0.15, 0.2) is 12.1 Å². The zero-order valence-electron chi connectivity index (χ0n) is 7.88. The van der Waals surface area contributed by atoms with Crippen molar-refractivity contribution in [2.24, 2.45) is 0 Å². The minimum atomic E-state index is -0.105. The first-order valence-electron chi connectivity index (χ1n) is 4.01. The van der Waals surface area contributed by atoms with E-state index in [0.717, 1.165) is 0 Å². The molecule has 15 heavy (non-hydrogen) atoms. The van der Waals surface area contributed by atoms with Gasteiger partial charge in [-0.15, -0.1) is 0 Å². The first-order valence-corrected chi connectivity index (χ1v) is 6.21. The predicted octanol–water partition coefficient (Wildman–Crippen LogP) is 2.75. The van der Waals surface area contributed by atoms with Crippen molar-refractivity contribution >= 4 is 44.3 Å². The summed E-state index contributed by atoms with van der Waals surface area (Å²) in [7, 11) is 1.53. The highest BCUT2D eigenvalue weighted by molar-refractivity contribution is 14.1. The van der Waals surface area contributed by atoms with Gasteiger partial charge >= 0.3 is 0 Å². The van der Waals surface area contributed by atoms with Crippen molar-refractivity contribution in [3.63, 3.8) is 0 Å². The van der Waals surface area contributed by atoms with Gasteiger partial charge in [-0.2, -0.15) is 5.26 Å². The van der Waals surface area contributed by atoms with Gasteiger partial charge in [0, 0.05) is 5.56 Å². The molecule has 0 atom stereocenters. The molecule has 1 aromatic rings. The Morgan fingerprint density at radius 1 is 1.67 bits per heavy atom. The minimum Gasteiger partial charge on any atom is -0.496 e. The number of halogens is 2. The molecular weight excluding hydrogens is 373 g/mol. The third kappa shape index (κ3) is 2.49. The van der Waals surface area contributed by atoms with Gasteiger partial charge in [0.25, 0.3) is 0 Å². The maximum absolute atomic E-state index is 11.5. The van der Waals surface area contributed by atoms with Crippen molar-refractivity contribution in [1.82, 2.24) is 0 Å². The SMILES string of the molecule is COc1ccc(C(=O)CBr)c(C#N)c1I. The molecule has 0 spiro atoms. The van der Waals surface area contributed by atoms with E-state index >= 15 is 0 Å². The van der Waals surface area contributed by atoms with Crippen LogP contribution in [-0.2, 0) is 0 Å². The normalized spacial score (nSPS) is 9.47. The van der Waals surface area contributed by atoms with Crippen LogP contribution in [0.2, 0.25) is 0 Å². The van der Waals surface area contributed by atoms with Crippen LogP contribution >= 0.6 is 38.5 Å². The molecule has 0 aromatic heterocycles. The first kappa shape index (κ1) is 12.5. The molecule has 1 aromatic carbocycles. The lowest BCUT2D eigenvalue weighted by atomic mass is 10.1. The van der Waals surface area contributed by atoms with Crippen LogP contribution in [0.4, 0.5) is 0 Å². The number of methoxy groups -OCH3 is 1. The van der Waals surface area contributed by atoms with Crippen molar-refractivity contribution < 1.29 is 9.53 Å². The smallest absolute Gasteiger partial charge is 0.174 e. The highest BCUT2D eigenvalue weighted by Crippen LogP contribution is 2.27. The zero-order valence-corrected chi connectivity index (χ0v) is 11.6. The molecule has 0 N–H and O–H groups in total. The van der Waals surface area contributed by atoms with Crippen LogP contribution in [0.5, 0.6) is 5.75 Å². The minimum absolute atomic E-state index is 0.105. The summed E-state index contributed by atoms with van der Waals surface area (Å²) in [4.78, 5) is 11.5. The molecule has 78 valence electrons. The fourth-order valence-corrected chi connectivity index (χ4v) is 2.24. The Kier molecular flexibility index (Phi) is 4.54. The first-order chi connectivity index (χ1) is 7.15. The van der Waals surface area contributed by atoms with Crippen LogP contribution in [0.3, 0.4) is 0 Å². The summed E-state index contributed by atoms with van der Waals surface area (Å²) in [5.74, 6) is 0.505. The molecule has 0 aliphatic rings. The van der Waals surface area contributed by atoms with Gasteiger partial charge in [-0.1, -0.05) is 15.9 Å². The Labute approximate surface area is 110 Å². The second-order valence-electron chi connectivity index (χ2n) is 2.67. The second-order valence-corrected chi connectivity index (χ2v) is 4.31. The number of benzene rings is 1. The van der Waals surface area contributed by atoms with E-state index in [1.807, 2.05) is 28.7 Å². The van der Waals surface area contributed by atoms with E-state index in [2.05, 4.69) is 15.9 Å². The average molecular weight is 380 g/mol. The van der Waals surface area contributed by atoms with E-state index < -0.39 is 0 Å². The summed E-state index contributed by atoms with van der Waals surface area (Å²) in [6.45, 7) is 0. The molecule has 0 heterocycles. The molecule has 0 aliphatic heterocycles. The second kappa shape index (κ2) is 5.47. The summed E-state index contributed by atoms with van der Waals surface area (Å²) in [5.41, 5.74) is 0.805. The third-order valence-electron chi connectivity index (χ3n) is 1.86. The van der Waals surface area contributed by atoms with Crippen LogP contribution in [0, 0.1) is 14.9 Å². The fraction of sp³-hybridized carbons (Fsp3) is 0.200. The van der Waals surface area contributed by atoms with Gasteiger partial charge in [0.2, 0.25) is 0 Å². The molecule has 0 aliphatic carbocycles. The Morgan fingerprint density at radius 2 is 2.33 bits per heavy atom. The van der Waals surface area contributed by atoms with E-state index in [1.54, 1.807) is 12.1 Å². The van der Waals surface area contributed by atoms with Crippen molar-refractivity contribution in [2.75, 3.05) is 12.4 Å². The lowest BCUT2D eigenvalue weighted by Crippen LogP contribution is -2.05. The standard InChI is InChI=1S/C10H7BrINO2/c1-15-9-3-2-6(8(14)4-11)7(5-13)10(9)12/h2-3H,4H2,1H3. The third-order valence-corrected chi connectivity index (χ3v) is 3.44. The molecule has 5 heteroatoms. The summed E-state index contributed by atoms with van der Waals surface area (Å²) < 4.78 is 5.74. The molecule has 1 rings (SSSR count). The number of ketones is 1. The topological polar surface area (TPSA) is 50.1 Å². The number of carbonyl (C=O) groups excluding carboxylic acids is 1. The predicted molar refractivity (Wildman–Crippen MR) is 68.6 cm³/mol. The van der Waals surface area contributed by atoms with Crippen LogP contribution < -0.4 is 4.74 Å². The summed E-state index contributed by atoms with van der Waals surface area (Å²) in [5, 5.41) is 9.20. The summed E-state index contributed by atoms with van der Waals surface area (Å²) >= 11 is 5.08. The highest BCUT2D eigenvalue weighted by atomic mass is 127. The lowest BCUT2D eigenvalue weighted by Gasteiger charge is -2.07. The number of nitriles is 1. The number of hydrogen-bond acceptors (Lipinski definition) is 3. The quantitative estimate of drug-likeness (QED) is 0.461. The number of Topliss-reactive ketones (excluding diaryl/α,β-unsaturated/α-hetero) is 1. The van der Waals surface area contributed by atoms with Gasteiger partial charge in [0.05, 0.1) is 21.6 Å². The summed E-state index contributed by atoms with van der Waals surface area (Å²) in [6.07, 6.45) is 0. The van der Waals surface area contributed by atoms with E-state index in [9.17, 15) is 4.79 Å². The van der Waals surface area contributed by atoms with Crippen LogP contribution in [0.25, 0.3) is 0 Å². The van der Waals surface area contributed by atoms with Gasteiger partial charge in [-0.3, -0.25) is 4.79 Å². The summed E-state index contributed by atoms with van der Waals surface area (Å²) in [6, 6.07) is 5.33. The van der Waals surface area contributed by atoms with Gasteiger partial charge < -0.3 is 4.74 Å². The van der Waals surface area contributed by atoms with Gasteiger partial charge in [0.1, 0.15) is 11.8 Å². The van der Waals surface area contributed by atoms with Crippen molar-refractivity contribution in [3.8, 4) is 11.8 Å². The molecule has 3 nitrogen and oxygen atoms in total. The maximum Gasteiger partial charge on any atom is 0.174 e. The van der Waals surface area contributed by atoms with E-state index in [1.165, 1.54) is 7.11 Å². The van der Waals surface area contributed by atoms with Crippen molar-refractivity contribution in [3.05, 3.63) is 26.8 Å². The van der Waals surface area contributed by atoms with Gasteiger partial charge in [-0.25, -0.2) is 0 Å². The number of hydrogen-bond donors (Lipinski definition) is 0. The number of rotatable bonds is 3. The molecule has 0 saturated heterocycles. The van der Waals surface area contributed by atoms with Crippen LogP contribution in [0.1, 0.15) is 15.9 Å². The lowest BCUT2D eigenvalue weighted by molar-refractivity contribution is 0.102. The van der Waals surface area contributed by atoms with Crippen molar-refractivity contribution in [2.45, 2.75) is 0 Å². The largest absolute Gasteiger partial charge is 0.496 e. The number of carbonyl (C=O) groups is 1. The molecule has 0 bridgehead atoms. The Balaban J connectivity index is 3.39. The zero-order chi connectivity index (χ0) is 11.4. The van der Waals surface area contributed by atoms with Crippen LogP contribution in [-0.4, -0.2) is 18.2 Å². The van der Waals surface area contributed by atoms with E-state index in [0.29, 0.717) is 20.4 Å². The molecule has 0 amide bonds. The highest BCUT2D eigenvalue weighted by Gasteiger charge is 2.15. The Bertz CT molecular complexity index is 440. The number of alkyl halides is 1. The molecule has 0 saturated carbocycles. The molecule has 0 unspecified atom stereocenters. The monoisotopic (exact) mass is 379 g/mol. The Hall–Kier alpha value is -0.610. The Morgan fingerprint density at radius 3 is 2.80 bits per heavy atom. The van der Waals surface area contributed by atoms with Gasteiger partial charge in [-0.05, 0) is 34.7 Å². The van der Waals surface area contributed by atoms with Gasteiger partial charge in [0.15, 0.2) is 5.78 Å². The molecule has 0 radical (unpaired) electrons. The van der Waals surface area contributed by atoms with E-state index in [4.69, 9.17) is 10.00 Å².